The molecule has 0 atom stereocenters. The number of anilines is 1. The van der Waals surface area contributed by atoms with E-state index in [0.29, 0.717) is 13.2 Å². The number of unbranched alkanes of at least 4 members (excludes halogenated alkanes) is 1. The molecule has 0 saturated heterocycles. The van der Waals surface area contributed by atoms with Gasteiger partial charge in [0.25, 0.3) is 0 Å². The lowest BCUT2D eigenvalue weighted by molar-refractivity contribution is 0.0691. The second kappa shape index (κ2) is 8.14. The van der Waals surface area contributed by atoms with Crippen LogP contribution in [0.2, 0.25) is 0 Å². The number of aromatic nitrogens is 1. The molecule has 4 nitrogen and oxygen atoms in total. The first-order valence-electron chi connectivity index (χ1n) is 6.66. The summed E-state index contributed by atoms with van der Waals surface area (Å²) in [6.07, 6.45) is 2.01. The number of fused-ring (bicyclic) bond motifs is 1. The molecule has 2 aromatic rings. The maximum Gasteiger partial charge on any atom is 0.183 e. The molecule has 0 unspecified atom stereocenters. The fourth-order valence-corrected chi connectivity index (χ4v) is 2.66. The van der Waals surface area contributed by atoms with Crippen LogP contribution in [0.15, 0.2) is 18.2 Å². The number of nitrogens with one attached hydrogen (secondary N) is 1. The average Bonchev–Trinajstić information content (AvgIpc) is 2.83. The number of hydrogen-bond acceptors (Lipinski definition) is 5. The molecule has 0 aliphatic carbocycles. The van der Waals surface area contributed by atoms with Crippen LogP contribution in [0.1, 0.15) is 12.8 Å². The Morgan fingerprint density at radius 3 is 3.00 bits per heavy atom. The van der Waals surface area contributed by atoms with Crippen LogP contribution in [-0.2, 0) is 9.47 Å². The van der Waals surface area contributed by atoms with E-state index in [2.05, 4.69) is 10.3 Å². The van der Waals surface area contributed by atoms with E-state index >= 15 is 0 Å². The number of rotatable bonds is 9. The van der Waals surface area contributed by atoms with Gasteiger partial charge in [0.2, 0.25) is 0 Å². The molecule has 20 heavy (non-hydrogen) atoms. The van der Waals surface area contributed by atoms with Crippen molar-refractivity contribution in [3.8, 4) is 0 Å². The molecule has 1 aromatic carbocycles. The normalized spacial score (nSPS) is 11.1. The molecule has 1 heterocycles. The zero-order chi connectivity index (χ0) is 14.2. The summed E-state index contributed by atoms with van der Waals surface area (Å²) < 4.78 is 24.2. The van der Waals surface area contributed by atoms with Gasteiger partial charge in [0.15, 0.2) is 5.13 Å². The highest BCUT2D eigenvalue weighted by Crippen LogP contribution is 2.26. The van der Waals surface area contributed by atoms with Gasteiger partial charge >= 0.3 is 0 Å². The van der Waals surface area contributed by atoms with Crippen LogP contribution in [0.5, 0.6) is 0 Å². The molecular weight excluding hydrogens is 279 g/mol. The standard InChI is InChI=1S/C14H19FN2O2S/c1-18-8-9-19-7-3-2-6-16-14-17-12-5-4-11(15)10-13(12)20-14/h4-5,10H,2-3,6-9H2,1H3,(H,16,17). The first kappa shape index (κ1) is 15.2. The summed E-state index contributed by atoms with van der Waals surface area (Å²) in [5.41, 5.74) is 0.835. The number of benzene rings is 1. The number of nitrogens with zero attached hydrogens (tertiary/aromatic N) is 1. The first-order valence-corrected chi connectivity index (χ1v) is 7.48. The fourth-order valence-electron chi connectivity index (χ4n) is 1.74. The van der Waals surface area contributed by atoms with E-state index in [4.69, 9.17) is 9.47 Å². The lowest BCUT2D eigenvalue weighted by atomic mass is 10.3. The topological polar surface area (TPSA) is 43.4 Å². The highest BCUT2D eigenvalue weighted by Gasteiger charge is 2.03. The van der Waals surface area contributed by atoms with E-state index in [1.807, 2.05) is 0 Å². The maximum atomic E-state index is 13.1. The zero-order valence-corrected chi connectivity index (χ0v) is 12.3. The van der Waals surface area contributed by atoms with Crippen molar-refractivity contribution >= 4 is 26.7 Å². The maximum absolute atomic E-state index is 13.1. The van der Waals surface area contributed by atoms with Crippen molar-refractivity contribution in [1.29, 1.82) is 0 Å². The van der Waals surface area contributed by atoms with Crippen LogP contribution in [-0.4, -0.2) is 38.5 Å². The number of ether oxygens (including phenoxy) is 2. The highest BCUT2D eigenvalue weighted by molar-refractivity contribution is 7.22. The molecule has 0 fully saturated rings. The van der Waals surface area contributed by atoms with E-state index in [1.165, 1.54) is 23.5 Å². The van der Waals surface area contributed by atoms with Crippen molar-refractivity contribution < 1.29 is 13.9 Å². The number of thiazole rings is 1. The predicted octanol–water partition coefficient (Wildman–Crippen LogP) is 3.29. The Balaban J connectivity index is 1.65. The van der Waals surface area contributed by atoms with Crippen molar-refractivity contribution in [2.75, 3.05) is 38.8 Å². The minimum atomic E-state index is -0.221. The minimum absolute atomic E-state index is 0.221. The molecule has 1 N–H and O–H groups in total. The Morgan fingerprint density at radius 2 is 2.15 bits per heavy atom. The Kier molecular flexibility index (Phi) is 6.17. The minimum Gasteiger partial charge on any atom is -0.382 e. The van der Waals surface area contributed by atoms with Gasteiger partial charge in [-0.05, 0) is 31.0 Å². The Morgan fingerprint density at radius 1 is 1.25 bits per heavy atom. The van der Waals surface area contributed by atoms with Crippen LogP contribution in [0.4, 0.5) is 9.52 Å². The summed E-state index contributed by atoms with van der Waals surface area (Å²) in [7, 11) is 1.66. The molecule has 6 heteroatoms. The molecule has 0 radical (unpaired) electrons. The summed E-state index contributed by atoms with van der Waals surface area (Å²) in [6, 6.07) is 4.65. The van der Waals surface area contributed by atoms with Crippen molar-refractivity contribution in [2.24, 2.45) is 0 Å². The molecule has 2 rings (SSSR count). The Bertz CT molecular complexity index is 533. The van der Waals surface area contributed by atoms with Gasteiger partial charge in [-0.15, -0.1) is 0 Å². The summed E-state index contributed by atoms with van der Waals surface area (Å²) in [6.45, 7) is 2.87. The largest absolute Gasteiger partial charge is 0.382 e. The lowest BCUT2D eigenvalue weighted by Crippen LogP contribution is -2.06. The van der Waals surface area contributed by atoms with Crippen molar-refractivity contribution in [3.05, 3.63) is 24.0 Å². The molecule has 0 aliphatic rings. The quantitative estimate of drug-likeness (QED) is 0.721. The molecule has 0 amide bonds. The molecule has 0 aliphatic heterocycles. The van der Waals surface area contributed by atoms with Gasteiger partial charge in [-0.3, -0.25) is 0 Å². The molecule has 0 bridgehead atoms. The van der Waals surface area contributed by atoms with Gasteiger partial charge in [0.05, 0.1) is 23.4 Å². The van der Waals surface area contributed by atoms with Gasteiger partial charge in [-0.25, -0.2) is 9.37 Å². The summed E-state index contributed by atoms with van der Waals surface area (Å²) >= 11 is 1.48. The first-order chi connectivity index (χ1) is 9.79. The van der Waals surface area contributed by atoms with Gasteiger partial charge in [-0.1, -0.05) is 11.3 Å². The fraction of sp³-hybridized carbons (Fsp3) is 0.500. The number of methoxy groups -OCH3 is 1. The third kappa shape index (κ3) is 4.70. The van der Waals surface area contributed by atoms with Crippen molar-refractivity contribution in [2.45, 2.75) is 12.8 Å². The molecule has 110 valence electrons. The van der Waals surface area contributed by atoms with Gasteiger partial charge in [0.1, 0.15) is 5.82 Å². The van der Waals surface area contributed by atoms with Gasteiger partial charge < -0.3 is 14.8 Å². The van der Waals surface area contributed by atoms with E-state index < -0.39 is 0 Å². The Labute approximate surface area is 121 Å². The molecular formula is C14H19FN2O2S. The van der Waals surface area contributed by atoms with E-state index in [0.717, 1.165) is 41.3 Å². The van der Waals surface area contributed by atoms with Gasteiger partial charge in [-0.2, -0.15) is 0 Å². The van der Waals surface area contributed by atoms with E-state index in [-0.39, 0.29) is 5.82 Å². The van der Waals surface area contributed by atoms with Crippen LogP contribution in [0, 0.1) is 5.82 Å². The summed E-state index contributed by atoms with van der Waals surface area (Å²) in [5, 5.41) is 4.10. The van der Waals surface area contributed by atoms with Crippen LogP contribution in [0.25, 0.3) is 10.2 Å². The highest BCUT2D eigenvalue weighted by atomic mass is 32.1. The predicted molar refractivity (Wildman–Crippen MR) is 80.0 cm³/mol. The van der Waals surface area contributed by atoms with E-state index in [1.54, 1.807) is 13.2 Å². The zero-order valence-electron chi connectivity index (χ0n) is 11.5. The number of hydrogen-bond donors (Lipinski definition) is 1. The average molecular weight is 298 g/mol. The lowest BCUT2D eigenvalue weighted by Gasteiger charge is -2.04. The second-order valence-corrected chi connectivity index (χ2v) is 5.40. The SMILES string of the molecule is COCCOCCCCNc1nc2ccc(F)cc2s1. The Hall–Kier alpha value is -1.24. The second-order valence-electron chi connectivity index (χ2n) is 4.37. The molecule has 1 aromatic heterocycles. The van der Waals surface area contributed by atoms with Crippen molar-refractivity contribution in [3.63, 3.8) is 0 Å². The van der Waals surface area contributed by atoms with Crippen LogP contribution >= 0.6 is 11.3 Å². The van der Waals surface area contributed by atoms with Crippen LogP contribution in [0.3, 0.4) is 0 Å². The van der Waals surface area contributed by atoms with E-state index in [9.17, 15) is 4.39 Å². The van der Waals surface area contributed by atoms with Crippen molar-refractivity contribution in [1.82, 2.24) is 4.98 Å². The summed E-state index contributed by atoms with van der Waals surface area (Å²) in [5.74, 6) is -0.221. The number of halogens is 1. The molecule has 0 spiro atoms. The van der Waals surface area contributed by atoms with Gasteiger partial charge in [0, 0.05) is 20.3 Å². The third-order valence-corrected chi connectivity index (χ3v) is 3.75. The molecule has 0 saturated carbocycles. The smallest absolute Gasteiger partial charge is 0.183 e. The van der Waals surface area contributed by atoms with Crippen LogP contribution < -0.4 is 5.32 Å². The monoisotopic (exact) mass is 298 g/mol. The summed E-state index contributed by atoms with van der Waals surface area (Å²) in [4.78, 5) is 4.41. The third-order valence-electron chi connectivity index (χ3n) is 2.77.